The van der Waals surface area contributed by atoms with Crippen molar-refractivity contribution in [3.8, 4) is 0 Å². The molecule has 3 saturated heterocycles. The number of nitrogens with one attached hydrogen (secondary N) is 1. The fourth-order valence-corrected chi connectivity index (χ4v) is 4.79. The Hall–Kier alpha value is -1.92. The number of carbonyl (C=O) groups excluding carboxylic acids is 2. The predicted octanol–water partition coefficient (Wildman–Crippen LogP) is 2.95. The van der Waals surface area contributed by atoms with Gasteiger partial charge in [0.05, 0.1) is 5.92 Å². The molecule has 0 bridgehead atoms. The third-order valence-electron chi connectivity index (χ3n) is 6.36. The van der Waals surface area contributed by atoms with Gasteiger partial charge in [-0.05, 0) is 69.3 Å². The Morgan fingerprint density at radius 3 is 2.68 bits per heavy atom. The molecule has 0 aliphatic carbocycles. The minimum Gasteiger partial charge on any atom is -0.381 e. The number of aryl methyl sites for hydroxylation is 1. The number of carbonyl (C=O) groups is 2. The molecule has 28 heavy (non-hydrogen) atoms. The van der Waals surface area contributed by atoms with Gasteiger partial charge in [0.25, 0.3) is 0 Å². The van der Waals surface area contributed by atoms with Crippen molar-refractivity contribution in [2.45, 2.75) is 51.5 Å². The van der Waals surface area contributed by atoms with Crippen LogP contribution in [0.3, 0.4) is 0 Å². The molecular weight excluding hydrogens is 354 g/mol. The number of benzene rings is 1. The van der Waals surface area contributed by atoms with E-state index in [4.69, 9.17) is 4.74 Å². The summed E-state index contributed by atoms with van der Waals surface area (Å²) >= 11 is 0. The second-order valence-electron chi connectivity index (χ2n) is 8.32. The van der Waals surface area contributed by atoms with Crippen molar-refractivity contribution < 1.29 is 14.3 Å². The lowest BCUT2D eigenvalue weighted by molar-refractivity contribution is -0.122. The van der Waals surface area contributed by atoms with Crippen LogP contribution in [0, 0.1) is 12.8 Å². The molecule has 3 aliphatic rings. The second-order valence-corrected chi connectivity index (χ2v) is 8.32. The zero-order valence-electron chi connectivity index (χ0n) is 16.8. The van der Waals surface area contributed by atoms with E-state index in [0.29, 0.717) is 12.5 Å². The number of likely N-dealkylation sites (tertiary alicyclic amines) is 1. The van der Waals surface area contributed by atoms with Gasteiger partial charge in [-0.25, -0.2) is 0 Å². The quantitative estimate of drug-likeness (QED) is 0.866. The number of nitrogens with zero attached hydrogens (tertiary/aromatic N) is 2. The molecule has 0 saturated carbocycles. The van der Waals surface area contributed by atoms with Gasteiger partial charge in [0, 0.05) is 50.1 Å². The smallest absolute Gasteiger partial charge is 0.228 e. The molecule has 6 heteroatoms. The molecule has 3 fully saturated rings. The molecule has 6 nitrogen and oxygen atoms in total. The zero-order valence-corrected chi connectivity index (χ0v) is 16.8. The molecule has 0 spiro atoms. The SMILES string of the molecule is Cc1cc(NC(=O)C2CCCN(C3CCOCC3)C2)ccc1N1CCCC1=O. The molecule has 152 valence electrons. The van der Waals surface area contributed by atoms with Crippen LogP contribution in [0.15, 0.2) is 18.2 Å². The number of anilines is 2. The third-order valence-corrected chi connectivity index (χ3v) is 6.36. The van der Waals surface area contributed by atoms with Crippen molar-refractivity contribution in [1.82, 2.24) is 4.90 Å². The summed E-state index contributed by atoms with van der Waals surface area (Å²) in [4.78, 5) is 29.2. The maximum absolute atomic E-state index is 12.9. The summed E-state index contributed by atoms with van der Waals surface area (Å²) in [5.74, 6) is 0.341. The van der Waals surface area contributed by atoms with Gasteiger partial charge in [0.15, 0.2) is 0 Å². The topological polar surface area (TPSA) is 61.9 Å². The number of rotatable bonds is 4. The highest BCUT2D eigenvalue weighted by Crippen LogP contribution is 2.28. The second kappa shape index (κ2) is 8.62. The van der Waals surface area contributed by atoms with Gasteiger partial charge in [0.2, 0.25) is 11.8 Å². The van der Waals surface area contributed by atoms with Gasteiger partial charge in [-0.15, -0.1) is 0 Å². The number of ether oxygens (including phenoxy) is 1. The van der Waals surface area contributed by atoms with Crippen LogP contribution < -0.4 is 10.2 Å². The standard InChI is InChI=1S/C22H31N3O3/c1-16-14-18(6-7-20(16)25-11-3-5-21(25)26)23-22(27)17-4-2-10-24(15-17)19-8-12-28-13-9-19/h6-7,14,17,19H,2-5,8-13,15H2,1H3,(H,23,27). The maximum atomic E-state index is 12.9. The molecule has 0 radical (unpaired) electrons. The van der Waals surface area contributed by atoms with E-state index in [2.05, 4.69) is 10.2 Å². The van der Waals surface area contributed by atoms with E-state index in [9.17, 15) is 9.59 Å². The van der Waals surface area contributed by atoms with Gasteiger partial charge in [-0.3, -0.25) is 14.5 Å². The maximum Gasteiger partial charge on any atom is 0.228 e. The van der Waals surface area contributed by atoms with Crippen LogP contribution in [0.4, 0.5) is 11.4 Å². The minimum absolute atomic E-state index is 0.0386. The average Bonchev–Trinajstić information content (AvgIpc) is 3.14. The molecule has 3 aliphatic heterocycles. The van der Waals surface area contributed by atoms with Gasteiger partial charge in [-0.1, -0.05) is 0 Å². The van der Waals surface area contributed by atoms with Crippen LogP contribution in [0.2, 0.25) is 0 Å². The van der Waals surface area contributed by atoms with Gasteiger partial charge < -0.3 is 15.0 Å². The number of hydrogen-bond acceptors (Lipinski definition) is 4. The van der Waals surface area contributed by atoms with E-state index in [1.807, 2.05) is 30.0 Å². The average molecular weight is 386 g/mol. The fourth-order valence-electron chi connectivity index (χ4n) is 4.79. The van der Waals surface area contributed by atoms with Crippen molar-refractivity contribution >= 4 is 23.2 Å². The van der Waals surface area contributed by atoms with Crippen LogP contribution >= 0.6 is 0 Å². The van der Waals surface area contributed by atoms with E-state index in [0.717, 1.165) is 81.9 Å². The molecule has 4 rings (SSSR count). The van der Waals surface area contributed by atoms with Crippen molar-refractivity contribution in [2.75, 3.05) is 43.1 Å². The number of hydrogen-bond donors (Lipinski definition) is 1. The summed E-state index contributed by atoms with van der Waals surface area (Å²) < 4.78 is 5.48. The first-order valence-electron chi connectivity index (χ1n) is 10.7. The predicted molar refractivity (Wildman–Crippen MR) is 110 cm³/mol. The highest BCUT2D eigenvalue weighted by Gasteiger charge is 2.31. The Balaban J connectivity index is 1.37. The van der Waals surface area contributed by atoms with Crippen LogP contribution in [0.1, 0.15) is 44.1 Å². The lowest BCUT2D eigenvalue weighted by Gasteiger charge is -2.39. The summed E-state index contributed by atoms with van der Waals surface area (Å²) in [5, 5.41) is 3.11. The lowest BCUT2D eigenvalue weighted by Crippen LogP contribution is -2.47. The highest BCUT2D eigenvalue weighted by atomic mass is 16.5. The summed E-state index contributed by atoms with van der Waals surface area (Å²) in [6, 6.07) is 6.43. The van der Waals surface area contributed by atoms with Crippen molar-refractivity contribution in [3.63, 3.8) is 0 Å². The molecule has 3 heterocycles. The Bertz CT molecular complexity index is 730. The van der Waals surface area contributed by atoms with Crippen LogP contribution in [-0.4, -0.2) is 55.6 Å². The lowest BCUT2D eigenvalue weighted by atomic mass is 9.94. The van der Waals surface area contributed by atoms with E-state index >= 15 is 0 Å². The third kappa shape index (κ3) is 4.23. The number of piperidine rings is 1. The zero-order chi connectivity index (χ0) is 19.5. The monoisotopic (exact) mass is 385 g/mol. The van der Waals surface area contributed by atoms with Gasteiger partial charge in [-0.2, -0.15) is 0 Å². The molecule has 1 N–H and O–H groups in total. The molecule has 1 aromatic rings. The molecule has 1 atom stereocenters. The van der Waals surface area contributed by atoms with E-state index in [1.165, 1.54) is 0 Å². The van der Waals surface area contributed by atoms with Gasteiger partial charge in [0.1, 0.15) is 0 Å². The van der Waals surface area contributed by atoms with E-state index in [-0.39, 0.29) is 17.7 Å². The fraction of sp³-hybridized carbons (Fsp3) is 0.636. The molecule has 1 aromatic carbocycles. The highest BCUT2D eigenvalue weighted by molar-refractivity contribution is 5.97. The Morgan fingerprint density at radius 1 is 1.14 bits per heavy atom. The van der Waals surface area contributed by atoms with Crippen LogP contribution in [0.25, 0.3) is 0 Å². The normalized spacial score (nSPS) is 24.5. The van der Waals surface area contributed by atoms with Gasteiger partial charge >= 0.3 is 0 Å². The Labute approximate surface area is 167 Å². The van der Waals surface area contributed by atoms with E-state index < -0.39 is 0 Å². The van der Waals surface area contributed by atoms with Crippen LogP contribution in [-0.2, 0) is 14.3 Å². The molecule has 1 unspecified atom stereocenters. The minimum atomic E-state index is 0.0386. The Morgan fingerprint density at radius 2 is 1.96 bits per heavy atom. The van der Waals surface area contributed by atoms with Crippen LogP contribution in [0.5, 0.6) is 0 Å². The Kier molecular flexibility index (Phi) is 5.97. The van der Waals surface area contributed by atoms with Crippen molar-refractivity contribution in [2.24, 2.45) is 5.92 Å². The summed E-state index contributed by atoms with van der Waals surface area (Å²) in [7, 11) is 0. The summed E-state index contributed by atoms with van der Waals surface area (Å²) in [6.07, 6.45) is 5.72. The number of amides is 2. The van der Waals surface area contributed by atoms with E-state index in [1.54, 1.807) is 0 Å². The summed E-state index contributed by atoms with van der Waals surface area (Å²) in [6.45, 7) is 6.40. The largest absolute Gasteiger partial charge is 0.381 e. The first kappa shape index (κ1) is 19.4. The molecule has 0 aromatic heterocycles. The first-order valence-corrected chi connectivity index (χ1v) is 10.7. The molecular formula is C22H31N3O3. The molecule has 2 amide bonds. The van der Waals surface area contributed by atoms with Crippen molar-refractivity contribution in [3.05, 3.63) is 23.8 Å². The van der Waals surface area contributed by atoms with Crippen molar-refractivity contribution in [1.29, 1.82) is 0 Å². The first-order chi connectivity index (χ1) is 13.6. The summed E-state index contributed by atoms with van der Waals surface area (Å²) in [5.41, 5.74) is 2.81.